The minimum atomic E-state index is 0.558. The summed E-state index contributed by atoms with van der Waals surface area (Å²) in [5.41, 5.74) is 5.50. The van der Waals surface area contributed by atoms with Crippen LogP contribution in [0.1, 0.15) is 16.7 Å². The Morgan fingerprint density at radius 3 is 2.52 bits per heavy atom. The number of rotatable bonds is 4. The number of anilines is 2. The molecule has 6 heteroatoms. The average molecular weight is 371 g/mol. The van der Waals surface area contributed by atoms with Gasteiger partial charge < -0.3 is 10.6 Å². The number of nitrogens with zero attached hydrogens (tertiary/aromatic N) is 2. The number of aryl methyl sites for hydroxylation is 2. The molecule has 0 radical (unpaired) electrons. The number of hydrogen-bond acceptors (Lipinski definition) is 2. The molecule has 2 aromatic carbocycles. The lowest BCUT2D eigenvalue weighted by atomic mass is 10.1. The summed E-state index contributed by atoms with van der Waals surface area (Å²) in [6.45, 7) is 4.83. The van der Waals surface area contributed by atoms with Crippen LogP contribution >= 0.6 is 23.8 Å². The number of halogens is 1. The summed E-state index contributed by atoms with van der Waals surface area (Å²) in [7, 11) is 0. The lowest BCUT2D eigenvalue weighted by Crippen LogP contribution is -2.19. The van der Waals surface area contributed by atoms with Gasteiger partial charge in [-0.25, -0.2) is 0 Å². The van der Waals surface area contributed by atoms with E-state index in [1.807, 2.05) is 30.3 Å². The monoisotopic (exact) mass is 370 g/mol. The van der Waals surface area contributed by atoms with Crippen LogP contribution in [-0.4, -0.2) is 14.9 Å². The van der Waals surface area contributed by atoms with Crippen molar-refractivity contribution in [3.05, 3.63) is 76.6 Å². The van der Waals surface area contributed by atoms with Crippen LogP contribution in [-0.2, 0) is 6.54 Å². The van der Waals surface area contributed by atoms with Gasteiger partial charge in [0, 0.05) is 17.6 Å². The molecule has 0 saturated carbocycles. The van der Waals surface area contributed by atoms with Gasteiger partial charge in [-0.2, -0.15) is 5.10 Å². The summed E-state index contributed by atoms with van der Waals surface area (Å²) in [6, 6.07) is 14.2. The topological polar surface area (TPSA) is 41.9 Å². The molecule has 3 rings (SSSR count). The van der Waals surface area contributed by atoms with Crippen molar-refractivity contribution in [1.29, 1.82) is 0 Å². The Bertz CT molecular complexity index is 904. The van der Waals surface area contributed by atoms with Gasteiger partial charge in [0.15, 0.2) is 5.11 Å². The van der Waals surface area contributed by atoms with Crippen molar-refractivity contribution in [3.63, 3.8) is 0 Å². The summed E-state index contributed by atoms with van der Waals surface area (Å²) in [5, 5.41) is 11.8. The third-order valence-electron chi connectivity index (χ3n) is 3.90. The molecule has 0 unspecified atom stereocenters. The summed E-state index contributed by atoms with van der Waals surface area (Å²) >= 11 is 11.3. The zero-order valence-corrected chi connectivity index (χ0v) is 15.7. The Labute approximate surface area is 157 Å². The predicted molar refractivity (Wildman–Crippen MR) is 109 cm³/mol. The molecule has 0 aliphatic heterocycles. The molecule has 0 saturated heterocycles. The highest BCUT2D eigenvalue weighted by Gasteiger charge is 2.03. The Morgan fingerprint density at radius 2 is 1.84 bits per heavy atom. The van der Waals surface area contributed by atoms with E-state index in [1.165, 1.54) is 11.1 Å². The highest BCUT2D eigenvalue weighted by atomic mass is 35.5. The standard InChI is InChI=1S/C19H19ClN4S/c1-13-6-7-18(8-14(13)2)23-19(25)22-17-5-3-4-15(9-17)11-24-12-16(20)10-21-24/h3-10,12H,11H2,1-2H3,(H2,22,23,25). The SMILES string of the molecule is Cc1ccc(NC(=S)Nc2cccc(Cn3cc(Cl)cn3)c2)cc1C. The number of benzene rings is 2. The van der Waals surface area contributed by atoms with Crippen LogP contribution in [0.25, 0.3) is 0 Å². The molecule has 1 aromatic heterocycles. The largest absolute Gasteiger partial charge is 0.332 e. The number of nitrogens with one attached hydrogen (secondary N) is 2. The second-order valence-corrected chi connectivity index (χ2v) is 6.78. The fraction of sp³-hybridized carbons (Fsp3) is 0.158. The summed E-state index contributed by atoms with van der Waals surface area (Å²) in [6.07, 6.45) is 3.43. The molecular formula is C19H19ClN4S. The van der Waals surface area contributed by atoms with Crippen molar-refractivity contribution in [2.45, 2.75) is 20.4 Å². The van der Waals surface area contributed by atoms with Crippen molar-refractivity contribution in [2.24, 2.45) is 0 Å². The molecule has 0 bridgehead atoms. The van der Waals surface area contributed by atoms with E-state index < -0.39 is 0 Å². The maximum atomic E-state index is 5.90. The van der Waals surface area contributed by atoms with Crippen molar-refractivity contribution < 1.29 is 0 Å². The third kappa shape index (κ3) is 4.81. The highest BCUT2D eigenvalue weighted by Crippen LogP contribution is 2.16. The van der Waals surface area contributed by atoms with E-state index in [0.29, 0.717) is 16.7 Å². The fourth-order valence-electron chi connectivity index (χ4n) is 2.47. The van der Waals surface area contributed by atoms with Crippen molar-refractivity contribution in [1.82, 2.24) is 9.78 Å². The first kappa shape index (κ1) is 17.5. The van der Waals surface area contributed by atoms with Gasteiger partial charge >= 0.3 is 0 Å². The van der Waals surface area contributed by atoms with Gasteiger partial charge in [0.1, 0.15) is 0 Å². The van der Waals surface area contributed by atoms with Crippen LogP contribution in [0.4, 0.5) is 11.4 Å². The minimum absolute atomic E-state index is 0.558. The van der Waals surface area contributed by atoms with Gasteiger partial charge in [-0.15, -0.1) is 0 Å². The first-order valence-electron chi connectivity index (χ1n) is 7.92. The zero-order chi connectivity index (χ0) is 17.8. The maximum Gasteiger partial charge on any atom is 0.175 e. The van der Waals surface area contributed by atoms with Crippen LogP contribution in [0.15, 0.2) is 54.9 Å². The molecule has 0 aliphatic rings. The van der Waals surface area contributed by atoms with E-state index >= 15 is 0 Å². The first-order chi connectivity index (χ1) is 12.0. The van der Waals surface area contributed by atoms with E-state index in [-0.39, 0.29) is 0 Å². The second-order valence-electron chi connectivity index (χ2n) is 5.93. The van der Waals surface area contributed by atoms with Crippen molar-refractivity contribution in [3.8, 4) is 0 Å². The van der Waals surface area contributed by atoms with Gasteiger partial charge in [-0.3, -0.25) is 4.68 Å². The molecule has 2 N–H and O–H groups in total. The Kier molecular flexibility index (Phi) is 5.36. The van der Waals surface area contributed by atoms with E-state index in [9.17, 15) is 0 Å². The van der Waals surface area contributed by atoms with Gasteiger partial charge in [0.05, 0.1) is 17.8 Å². The van der Waals surface area contributed by atoms with Gasteiger partial charge in [0.25, 0.3) is 0 Å². The van der Waals surface area contributed by atoms with Gasteiger partial charge in [-0.1, -0.05) is 29.8 Å². The molecule has 3 aromatic rings. The number of hydrogen-bond donors (Lipinski definition) is 2. The maximum absolute atomic E-state index is 5.90. The number of aromatic nitrogens is 2. The molecule has 0 fully saturated rings. The molecule has 1 heterocycles. The smallest absolute Gasteiger partial charge is 0.175 e. The van der Waals surface area contributed by atoms with Gasteiger partial charge in [-0.05, 0) is 67.0 Å². The summed E-state index contributed by atoms with van der Waals surface area (Å²) in [4.78, 5) is 0. The molecule has 0 amide bonds. The van der Waals surface area contributed by atoms with Crippen molar-refractivity contribution >= 4 is 40.3 Å². The van der Waals surface area contributed by atoms with Crippen LogP contribution in [0, 0.1) is 13.8 Å². The molecule has 4 nitrogen and oxygen atoms in total. The van der Waals surface area contributed by atoms with Crippen LogP contribution in [0.5, 0.6) is 0 Å². The second kappa shape index (κ2) is 7.68. The van der Waals surface area contributed by atoms with E-state index in [0.717, 1.165) is 16.9 Å². The average Bonchev–Trinajstić information content (AvgIpc) is 2.96. The van der Waals surface area contributed by atoms with Crippen molar-refractivity contribution in [2.75, 3.05) is 10.6 Å². The molecule has 128 valence electrons. The van der Waals surface area contributed by atoms with E-state index in [4.69, 9.17) is 23.8 Å². The summed E-state index contributed by atoms with van der Waals surface area (Å²) < 4.78 is 1.80. The van der Waals surface area contributed by atoms with Crippen LogP contribution in [0.2, 0.25) is 5.02 Å². The van der Waals surface area contributed by atoms with E-state index in [1.54, 1.807) is 17.1 Å². The van der Waals surface area contributed by atoms with Crippen LogP contribution in [0.3, 0.4) is 0 Å². The third-order valence-corrected chi connectivity index (χ3v) is 4.30. The molecule has 0 atom stereocenters. The molecular weight excluding hydrogens is 352 g/mol. The summed E-state index contributed by atoms with van der Waals surface area (Å²) in [5.74, 6) is 0. The van der Waals surface area contributed by atoms with E-state index in [2.05, 4.69) is 41.7 Å². The molecule has 0 aliphatic carbocycles. The Hall–Kier alpha value is -2.37. The molecule has 25 heavy (non-hydrogen) atoms. The highest BCUT2D eigenvalue weighted by molar-refractivity contribution is 7.80. The molecule has 0 spiro atoms. The number of thiocarbonyl (C=S) groups is 1. The van der Waals surface area contributed by atoms with Gasteiger partial charge in [0.2, 0.25) is 0 Å². The predicted octanol–water partition coefficient (Wildman–Crippen LogP) is 5.01. The normalized spacial score (nSPS) is 10.5. The minimum Gasteiger partial charge on any atom is -0.332 e. The Morgan fingerprint density at radius 1 is 1.08 bits per heavy atom. The zero-order valence-electron chi connectivity index (χ0n) is 14.1. The lowest BCUT2D eigenvalue weighted by Gasteiger charge is -2.13. The quantitative estimate of drug-likeness (QED) is 0.633. The lowest BCUT2D eigenvalue weighted by molar-refractivity contribution is 0.687. The first-order valence-corrected chi connectivity index (χ1v) is 8.70. The Balaban J connectivity index is 1.64. The van der Waals surface area contributed by atoms with Crippen LogP contribution < -0.4 is 10.6 Å². The fourth-order valence-corrected chi connectivity index (χ4v) is 2.86.